The zero-order valence-corrected chi connectivity index (χ0v) is 14.4. The fourth-order valence-electron chi connectivity index (χ4n) is 2.26. The second-order valence-electron chi connectivity index (χ2n) is 5.54. The smallest absolute Gasteiger partial charge is 0.416 e. The Kier molecular flexibility index (Phi) is 5.36. The third kappa shape index (κ3) is 4.79. The van der Waals surface area contributed by atoms with Crippen molar-refractivity contribution >= 4 is 28.9 Å². The zero-order chi connectivity index (χ0) is 19.4. The number of nitrogens with one attached hydrogen (secondary N) is 2. The lowest BCUT2D eigenvalue weighted by Gasteiger charge is -2.12. The number of benzene rings is 1. The highest BCUT2D eigenvalue weighted by Crippen LogP contribution is 2.34. The average Bonchev–Trinajstić information content (AvgIpc) is 3.14. The van der Waals surface area contributed by atoms with Gasteiger partial charge in [0.2, 0.25) is 0 Å². The molecule has 0 spiro atoms. The van der Waals surface area contributed by atoms with Gasteiger partial charge in [-0.2, -0.15) is 13.2 Å². The van der Waals surface area contributed by atoms with Crippen molar-refractivity contribution in [2.24, 2.45) is 0 Å². The lowest BCUT2D eigenvalue weighted by atomic mass is 10.2. The number of pyridine rings is 1. The Morgan fingerprint density at radius 1 is 1.19 bits per heavy atom. The van der Waals surface area contributed by atoms with Crippen molar-refractivity contribution < 1.29 is 22.4 Å². The van der Waals surface area contributed by atoms with Crippen molar-refractivity contribution in [2.45, 2.75) is 12.7 Å². The van der Waals surface area contributed by atoms with Crippen molar-refractivity contribution in [1.82, 2.24) is 4.98 Å². The molecule has 27 heavy (non-hydrogen) atoms. The summed E-state index contributed by atoms with van der Waals surface area (Å²) < 4.78 is 43.7. The minimum absolute atomic E-state index is 0.00333. The van der Waals surface area contributed by atoms with Crippen LogP contribution in [0.15, 0.2) is 59.5 Å². The molecule has 0 saturated heterocycles. The highest BCUT2D eigenvalue weighted by molar-refractivity contribution is 6.34. The Morgan fingerprint density at radius 3 is 2.70 bits per heavy atom. The molecule has 0 radical (unpaired) electrons. The number of nitrogens with zero attached hydrogens (tertiary/aromatic N) is 1. The molecule has 140 valence electrons. The van der Waals surface area contributed by atoms with Crippen LogP contribution >= 0.6 is 11.6 Å². The number of furan rings is 1. The number of carbonyl (C=O) groups excluding carboxylic acids is 1. The van der Waals surface area contributed by atoms with Crippen LogP contribution in [-0.4, -0.2) is 10.9 Å². The predicted molar refractivity (Wildman–Crippen MR) is 94.7 cm³/mol. The van der Waals surface area contributed by atoms with Crippen LogP contribution < -0.4 is 10.6 Å². The number of amides is 1. The molecule has 0 bridgehead atoms. The Morgan fingerprint density at radius 2 is 2.00 bits per heavy atom. The van der Waals surface area contributed by atoms with Gasteiger partial charge in [0.25, 0.3) is 5.91 Å². The molecule has 3 aromatic rings. The maximum absolute atomic E-state index is 12.8. The van der Waals surface area contributed by atoms with Crippen LogP contribution in [0, 0.1) is 0 Å². The minimum atomic E-state index is -4.54. The van der Waals surface area contributed by atoms with Crippen LogP contribution in [0.3, 0.4) is 0 Å². The van der Waals surface area contributed by atoms with Gasteiger partial charge in [0.1, 0.15) is 5.76 Å². The number of rotatable bonds is 5. The average molecular weight is 396 g/mol. The fraction of sp³-hybridized carbons (Fsp3) is 0.111. The Bertz CT molecular complexity index is 943. The van der Waals surface area contributed by atoms with E-state index in [1.807, 2.05) is 0 Å². The summed E-state index contributed by atoms with van der Waals surface area (Å²) in [6.45, 7) is 0.388. The summed E-state index contributed by atoms with van der Waals surface area (Å²) in [5, 5.41) is 5.41. The van der Waals surface area contributed by atoms with Gasteiger partial charge in [-0.3, -0.25) is 9.78 Å². The summed E-state index contributed by atoms with van der Waals surface area (Å²) in [6, 6.07) is 7.77. The highest BCUT2D eigenvalue weighted by atomic mass is 35.5. The van der Waals surface area contributed by atoms with Gasteiger partial charge in [-0.1, -0.05) is 11.6 Å². The van der Waals surface area contributed by atoms with Crippen LogP contribution in [-0.2, 0) is 12.7 Å². The molecule has 0 aliphatic rings. The van der Waals surface area contributed by atoms with E-state index in [-0.39, 0.29) is 16.3 Å². The van der Waals surface area contributed by atoms with Gasteiger partial charge < -0.3 is 15.1 Å². The summed E-state index contributed by atoms with van der Waals surface area (Å²) in [6.07, 6.45) is -0.189. The first-order chi connectivity index (χ1) is 12.8. The van der Waals surface area contributed by atoms with Gasteiger partial charge in [-0.25, -0.2) is 0 Å². The molecule has 0 fully saturated rings. The van der Waals surface area contributed by atoms with E-state index in [2.05, 4.69) is 15.6 Å². The van der Waals surface area contributed by atoms with Gasteiger partial charge in [0.15, 0.2) is 0 Å². The Labute approximate surface area is 157 Å². The van der Waals surface area contributed by atoms with Crippen LogP contribution in [0.5, 0.6) is 0 Å². The topological polar surface area (TPSA) is 67.2 Å². The second kappa shape index (κ2) is 7.71. The lowest BCUT2D eigenvalue weighted by molar-refractivity contribution is -0.137. The predicted octanol–water partition coefficient (Wildman–Crippen LogP) is 5.21. The molecule has 5 nitrogen and oxygen atoms in total. The number of hydrogen-bond acceptors (Lipinski definition) is 4. The third-order valence-corrected chi connectivity index (χ3v) is 3.92. The second-order valence-corrected chi connectivity index (χ2v) is 5.95. The van der Waals surface area contributed by atoms with E-state index in [0.29, 0.717) is 18.0 Å². The Balaban J connectivity index is 1.74. The van der Waals surface area contributed by atoms with Crippen LogP contribution in [0.2, 0.25) is 5.02 Å². The lowest BCUT2D eigenvalue weighted by Crippen LogP contribution is -2.14. The summed E-state index contributed by atoms with van der Waals surface area (Å²) in [5.74, 6) is 0.0611. The summed E-state index contributed by atoms with van der Waals surface area (Å²) in [4.78, 5) is 16.3. The van der Waals surface area contributed by atoms with E-state index in [4.69, 9.17) is 16.0 Å². The number of halogens is 4. The van der Waals surface area contributed by atoms with Gasteiger partial charge >= 0.3 is 6.18 Å². The molecule has 9 heteroatoms. The van der Waals surface area contributed by atoms with Crippen molar-refractivity contribution in [3.05, 3.63) is 77.0 Å². The van der Waals surface area contributed by atoms with E-state index < -0.39 is 17.6 Å². The number of alkyl halides is 3. The van der Waals surface area contributed by atoms with Crippen molar-refractivity contribution in [1.29, 1.82) is 0 Å². The molecule has 2 heterocycles. The molecule has 1 aromatic carbocycles. The standard InChI is InChI=1S/C18H13ClF3N3O2/c19-15-4-3-12(18(20,21)22)7-16(15)25-17(26)11-6-13(9-23-8-11)24-10-14-2-1-5-27-14/h1-9,24H,10H2,(H,25,26). The van der Waals surface area contributed by atoms with E-state index in [0.717, 1.165) is 18.2 Å². The van der Waals surface area contributed by atoms with E-state index >= 15 is 0 Å². The highest BCUT2D eigenvalue weighted by Gasteiger charge is 2.31. The molecule has 0 aliphatic carbocycles. The SMILES string of the molecule is O=C(Nc1cc(C(F)(F)F)ccc1Cl)c1cncc(NCc2ccco2)c1. The first-order valence-electron chi connectivity index (χ1n) is 7.72. The van der Waals surface area contributed by atoms with Gasteiger partial charge in [0.05, 0.1) is 40.3 Å². The van der Waals surface area contributed by atoms with Crippen LogP contribution in [0.25, 0.3) is 0 Å². The molecule has 0 saturated carbocycles. The molecule has 0 unspecified atom stereocenters. The van der Waals surface area contributed by atoms with E-state index in [1.165, 1.54) is 24.7 Å². The zero-order valence-electron chi connectivity index (χ0n) is 13.7. The molecular formula is C18H13ClF3N3O2. The van der Waals surface area contributed by atoms with Crippen molar-refractivity contribution in [3.8, 4) is 0 Å². The molecule has 0 atom stereocenters. The number of carbonyl (C=O) groups is 1. The van der Waals surface area contributed by atoms with Crippen molar-refractivity contribution in [3.63, 3.8) is 0 Å². The largest absolute Gasteiger partial charge is 0.467 e. The van der Waals surface area contributed by atoms with Gasteiger partial charge in [-0.05, 0) is 36.4 Å². The molecular weight excluding hydrogens is 383 g/mol. The fourth-order valence-corrected chi connectivity index (χ4v) is 2.42. The van der Waals surface area contributed by atoms with E-state index in [1.54, 1.807) is 12.1 Å². The molecule has 2 N–H and O–H groups in total. The minimum Gasteiger partial charge on any atom is -0.467 e. The van der Waals surface area contributed by atoms with Gasteiger partial charge in [-0.15, -0.1) is 0 Å². The maximum atomic E-state index is 12.8. The number of aromatic nitrogens is 1. The number of anilines is 2. The van der Waals surface area contributed by atoms with Gasteiger partial charge in [0, 0.05) is 12.4 Å². The molecule has 3 rings (SSSR count). The maximum Gasteiger partial charge on any atom is 0.416 e. The third-order valence-electron chi connectivity index (χ3n) is 3.59. The van der Waals surface area contributed by atoms with E-state index in [9.17, 15) is 18.0 Å². The summed E-state index contributed by atoms with van der Waals surface area (Å²) >= 11 is 5.90. The van der Waals surface area contributed by atoms with Crippen LogP contribution in [0.4, 0.5) is 24.5 Å². The van der Waals surface area contributed by atoms with Crippen molar-refractivity contribution in [2.75, 3.05) is 10.6 Å². The monoisotopic (exact) mass is 395 g/mol. The summed E-state index contributed by atoms with van der Waals surface area (Å²) in [7, 11) is 0. The first kappa shape index (κ1) is 18.8. The molecule has 2 aromatic heterocycles. The summed E-state index contributed by atoms with van der Waals surface area (Å²) in [5.41, 5.74) is -0.332. The number of hydrogen-bond donors (Lipinski definition) is 2. The normalized spacial score (nSPS) is 11.3. The van der Waals surface area contributed by atoms with Crippen LogP contribution in [0.1, 0.15) is 21.7 Å². The Hall–Kier alpha value is -3.00. The molecule has 0 aliphatic heterocycles. The first-order valence-corrected chi connectivity index (χ1v) is 8.10. The quantitative estimate of drug-likeness (QED) is 0.622. The molecule has 1 amide bonds.